The molecule has 3 N–H and O–H groups in total. The molecule has 5 nitrogen and oxygen atoms in total. The lowest BCUT2D eigenvalue weighted by Gasteiger charge is -2.17. The van der Waals surface area contributed by atoms with E-state index in [1.807, 2.05) is 4.68 Å². The van der Waals surface area contributed by atoms with Crippen molar-refractivity contribution in [3.8, 4) is 0 Å². The molecule has 0 spiro atoms. The van der Waals surface area contributed by atoms with Gasteiger partial charge >= 0.3 is 0 Å². The zero-order valence-electron chi connectivity index (χ0n) is 13.1. The Morgan fingerprint density at radius 1 is 1.24 bits per heavy atom. The van der Waals surface area contributed by atoms with Crippen molar-refractivity contribution in [3.63, 3.8) is 0 Å². The van der Waals surface area contributed by atoms with Crippen molar-refractivity contribution >= 4 is 0 Å². The van der Waals surface area contributed by atoms with Crippen LogP contribution in [0.15, 0.2) is 30.6 Å². The maximum atomic E-state index is 5.74. The maximum absolute atomic E-state index is 5.74. The lowest BCUT2D eigenvalue weighted by atomic mass is 10.0. The number of rotatable bonds is 7. The Morgan fingerprint density at radius 3 is 2.52 bits per heavy atom. The number of nitrogens with one attached hydrogen (secondary N) is 1. The normalized spacial score (nSPS) is 12.8. The molecule has 0 saturated carbocycles. The molecule has 21 heavy (non-hydrogen) atoms. The predicted molar refractivity (Wildman–Crippen MR) is 84.4 cm³/mol. The highest BCUT2D eigenvalue weighted by atomic mass is 15.3. The average molecular weight is 287 g/mol. The number of benzene rings is 1. The zero-order chi connectivity index (χ0) is 15.2. The van der Waals surface area contributed by atoms with Gasteiger partial charge in [0, 0.05) is 13.0 Å². The summed E-state index contributed by atoms with van der Waals surface area (Å²) >= 11 is 0. The summed E-state index contributed by atoms with van der Waals surface area (Å²) in [5.41, 5.74) is 5.40. The number of hydrogen-bond acceptors (Lipinski definition) is 4. The van der Waals surface area contributed by atoms with E-state index >= 15 is 0 Å². The van der Waals surface area contributed by atoms with Crippen molar-refractivity contribution in [1.29, 1.82) is 0 Å². The van der Waals surface area contributed by atoms with Gasteiger partial charge in [-0.05, 0) is 23.5 Å². The minimum absolute atomic E-state index is 0.0472. The largest absolute Gasteiger partial charge is 0.271 e. The van der Waals surface area contributed by atoms with Gasteiger partial charge in [-0.15, -0.1) is 0 Å². The molecule has 0 saturated heterocycles. The van der Waals surface area contributed by atoms with E-state index in [4.69, 9.17) is 5.84 Å². The van der Waals surface area contributed by atoms with Gasteiger partial charge in [0.2, 0.25) is 0 Å². The van der Waals surface area contributed by atoms with Crippen molar-refractivity contribution in [2.75, 3.05) is 0 Å². The standard InChI is InChI=1S/C16H25N5/c1-4-13-5-7-14(8-6-13)15(20-17)9-16-18-11-19-21(16)10-12(2)3/h5-8,11-12,15,20H,4,9-10,17H2,1-3H3. The number of aromatic nitrogens is 3. The number of hydrazine groups is 1. The van der Waals surface area contributed by atoms with Gasteiger partial charge in [-0.25, -0.2) is 9.67 Å². The summed E-state index contributed by atoms with van der Waals surface area (Å²) in [7, 11) is 0. The van der Waals surface area contributed by atoms with E-state index in [0.717, 1.165) is 25.2 Å². The molecule has 0 amide bonds. The van der Waals surface area contributed by atoms with Crippen LogP contribution < -0.4 is 11.3 Å². The Bertz CT molecular complexity index is 544. The monoisotopic (exact) mass is 287 g/mol. The number of hydrogen-bond donors (Lipinski definition) is 2. The molecule has 1 aromatic carbocycles. The Hall–Kier alpha value is -1.72. The van der Waals surface area contributed by atoms with Gasteiger partial charge in [0.1, 0.15) is 12.2 Å². The van der Waals surface area contributed by atoms with Crippen LogP contribution in [0.5, 0.6) is 0 Å². The smallest absolute Gasteiger partial charge is 0.138 e. The summed E-state index contributed by atoms with van der Waals surface area (Å²) in [5.74, 6) is 7.24. The summed E-state index contributed by atoms with van der Waals surface area (Å²) in [5, 5.41) is 4.30. The first-order valence-corrected chi connectivity index (χ1v) is 7.55. The third-order valence-electron chi connectivity index (χ3n) is 3.61. The molecule has 1 unspecified atom stereocenters. The van der Waals surface area contributed by atoms with Gasteiger partial charge < -0.3 is 0 Å². The van der Waals surface area contributed by atoms with Crippen molar-refractivity contribution in [2.45, 2.75) is 46.2 Å². The second kappa shape index (κ2) is 7.33. The van der Waals surface area contributed by atoms with Crippen LogP contribution in [0, 0.1) is 5.92 Å². The Kier molecular flexibility index (Phi) is 5.47. The second-order valence-electron chi connectivity index (χ2n) is 5.77. The topological polar surface area (TPSA) is 68.8 Å². The van der Waals surface area contributed by atoms with E-state index in [0.29, 0.717) is 5.92 Å². The lowest BCUT2D eigenvalue weighted by Crippen LogP contribution is -2.30. The van der Waals surface area contributed by atoms with E-state index in [9.17, 15) is 0 Å². The van der Waals surface area contributed by atoms with E-state index in [2.05, 4.69) is 60.5 Å². The molecule has 5 heteroatoms. The minimum atomic E-state index is 0.0472. The first kappa shape index (κ1) is 15.7. The van der Waals surface area contributed by atoms with E-state index < -0.39 is 0 Å². The van der Waals surface area contributed by atoms with Crippen LogP contribution >= 0.6 is 0 Å². The molecule has 1 heterocycles. The van der Waals surface area contributed by atoms with Crippen LogP contribution in [0.2, 0.25) is 0 Å². The van der Waals surface area contributed by atoms with Crippen LogP contribution in [0.25, 0.3) is 0 Å². The summed E-state index contributed by atoms with van der Waals surface area (Å²) in [6, 6.07) is 8.61. The number of nitrogens with two attached hydrogens (primary N) is 1. The highest BCUT2D eigenvalue weighted by molar-refractivity contribution is 5.25. The van der Waals surface area contributed by atoms with Crippen LogP contribution in [0.4, 0.5) is 0 Å². The van der Waals surface area contributed by atoms with Crippen LogP contribution in [-0.4, -0.2) is 14.8 Å². The molecular formula is C16H25N5. The molecule has 1 aromatic heterocycles. The number of nitrogens with zero attached hydrogens (tertiary/aromatic N) is 3. The van der Waals surface area contributed by atoms with Crippen molar-refractivity contribution < 1.29 is 0 Å². The van der Waals surface area contributed by atoms with Crippen molar-refractivity contribution in [1.82, 2.24) is 20.2 Å². The quantitative estimate of drug-likeness (QED) is 0.605. The van der Waals surface area contributed by atoms with E-state index in [-0.39, 0.29) is 6.04 Å². The van der Waals surface area contributed by atoms with Gasteiger partial charge in [0.05, 0.1) is 6.04 Å². The molecule has 2 rings (SSSR count). The lowest BCUT2D eigenvalue weighted by molar-refractivity contribution is 0.446. The maximum Gasteiger partial charge on any atom is 0.138 e. The van der Waals surface area contributed by atoms with E-state index in [1.165, 1.54) is 11.1 Å². The van der Waals surface area contributed by atoms with Gasteiger partial charge in [0.15, 0.2) is 0 Å². The molecule has 2 aromatic rings. The van der Waals surface area contributed by atoms with E-state index in [1.54, 1.807) is 6.33 Å². The van der Waals surface area contributed by atoms with Gasteiger partial charge in [-0.1, -0.05) is 45.0 Å². The fraction of sp³-hybridized carbons (Fsp3) is 0.500. The van der Waals surface area contributed by atoms with Crippen LogP contribution in [0.3, 0.4) is 0 Å². The number of aryl methyl sites for hydroxylation is 1. The summed E-state index contributed by atoms with van der Waals surface area (Å²) in [6.07, 6.45) is 3.39. The Morgan fingerprint density at radius 2 is 1.95 bits per heavy atom. The summed E-state index contributed by atoms with van der Waals surface area (Å²) in [6.45, 7) is 7.38. The van der Waals surface area contributed by atoms with Crippen molar-refractivity contribution in [2.24, 2.45) is 11.8 Å². The van der Waals surface area contributed by atoms with Crippen molar-refractivity contribution in [3.05, 3.63) is 47.5 Å². The highest BCUT2D eigenvalue weighted by Crippen LogP contribution is 2.18. The second-order valence-corrected chi connectivity index (χ2v) is 5.77. The van der Waals surface area contributed by atoms with Crippen LogP contribution in [0.1, 0.15) is 43.8 Å². The molecular weight excluding hydrogens is 262 g/mol. The average Bonchev–Trinajstić information content (AvgIpc) is 2.91. The summed E-state index contributed by atoms with van der Waals surface area (Å²) in [4.78, 5) is 4.37. The SMILES string of the molecule is CCc1ccc(C(Cc2ncnn2CC(C)C)NN)cc1. The fourth-order valence-corrected chi connectivity index (χ4v) is 2.39. The first-order valence-electron chi connectivity index (χ1n) is 7.55. The van der Waals surface area contributed by atoms with Gasteiger partial charge in [-0.3, -0.25) is 11.3 Å². The molecule has 0 radical (unpaired) electrons. The fourth-order valence-electron chi connectivity index (χ4n) is 2.39. The van der Waals surface area contributed by atoms with Crippen LogP contribution in [-0.2, 0) is 19.4 Å². The molecule has 1 atom stereocenters. The third kappa shape index (κ3) is 4.12. The van der Waals surface area contributed by atoms with Gasteiger partial charge in [-0.2, -0.15) is 5.10 Å². The molecule has 0 fully saturated rings. The minimum Gasteiger partial charge on any atom is -0.271 e. The molecule has 0 aliphatic rings. The zero-order valence-corrected chi connectivity index (χ0v) is 13.1. The third-order valence-corrected chi connectivity index (χ3v) is 3.61. The Balaban J connectivity index is 2.13. The Labute approximate surface area is 126 Å². The molecule has 0 bridgehead atoms. The molecule has 114 valence electrons. The predicted octanol–water partition coefficient (Wildman–Crippen LogP) is 2.24. The first-order chi connectivity index (χ1) is 10.1. The highest BCUT2D eigenvalue weighted by Gasteiger charge is 2.15. The molecule has 0 aliphatic heterocycles. The molecule has 0 aliphatic carbocycles. The van der Waals surface area contributed by atoms with Gasteiger partial charge in [0.25, 0.3) is 0 Å². The summed E-state index contributed by atoms with van der Waals surface area (Å²) < 4.78 is 1.97.